The summed E-state index contributed by atoms with van der Waals surface area (Å²) in [6.45, 7) is 4.49. The molecule has 88 valence electrons. The summed E-state index contributed by atoms with van der Waals surface area (Å²) in [5.74, 6) is 0. The van der Waals surface area contributed by atoms with E-state index in [1.807, 2.05) is 6.20 Å². The zero-order chi connectivity index (χ0) is 11.0. The minimum atomic E-state index is 0.652. The molecule has 0 bridgehead atoms. The first-order chi connectivity index (χ1) is 7.83. The van der Waals surface area contributed by atoms with Crippen LogP contribution in [-0.2, 0) is 6.54 Å². The molecule has 0 spiro atoms. The standard InChI is InChI=1S/C12H20N4/c1-9-4-10(7-16(9)12-2-3-12)14-6-11-5-13-8-15-11/h5,8-10,12,14H,2-4,6-7H2,1H3,(H,13,15). The number of rotatable bonds is 4. The maximum absolute atomic E-state index is 4.03. The smallest absolute Gasteiger partial charge is 0.0922 e. The maximum Gasteiger partial charge on any atom is 0.0922 e. The number of H-pyrrole nitrogens is 1. The lowest BCUT2D eigenvalue weighted by atomic mass is 10.2. The second-order valence-corrected chi connectivity index (χ2v) is 5.17. The molecule has 1 aromatic heterocycles. The Balaban J connectivity index is 1.49. The van der Waals surface area contributed by atoms with E-state index in [0.29, 0.717) is 6.04 Å². The van der Waals surface area contributed by atoms with Crippen LogP contribution in [0.25, 0.3) is 0 Å². The van der Waals surface area contributed by atoms with Crippen molar-refractivity contribution in [1.82, 2.24) is 20.2 Å². The molecule has 16 heavy (non-hydrogen) atoms. The zero-order valence-corrected chi connectivity index (χ0v) is 9.82. The highest BCUT2D eigenvalue weighted by atomic mass is 15.3. The summed E-state index contributed by atoms with van der Waals surface area (Å²) in [6.07, 6.45) is 7.74. The van der Waals surface area contributed by atoms with Gasteiger partial charge in [0.15, 0.2) is 0 Å². The minimum absolute atomic E-state index is 0.652. The van der Waals surface area contributed by atoms with E-state index in [1.165, 1.54) is 31.5 Å². The Bertz CT molecular complexity index is 331. The Hall–Kier alpha value is -0.870. The first-order valence-electron chi connectivity index (χ1n) is 6.29. The van der Waals surface area contributed by atoms with Crippen molar-refractivity contribution in [3.05, 3.63) is 18.2 Å². The fraction of sp³-hybridized carbons (Fsp3) is 0.750. The zero-order valence-electron chi connectivity index (χ0n) is 9.82. The van der Waals surface area contributed by atoms with Gasteiger partial charge in [-0.25, -0.2) is 4.98 Å². The molecule has 2 fully saturated rings. The third-order valence-electron chi connectivity index (χ3n) is 3.77. The predicted molar refractivity (Wildman–Crippen MR) is 63.0 cm³/mol. The molecule has 2 heterocycles. The second-order valence-electron chi connectivity index (χ2n) is 5.17. The molecule has 2 N–H and O–H groups in total. The molecular weight excluding hydrogens is 200 g/mol. The van der Waals surface area contributed by atoms with Gasteiger partial charge in [0, 0.05) is 43.1 Å². The molecule has 1 aliphatic carbocycles. The van der Waals surface area contributed by atoms with E-state index < -0.39 is 0 Å². The van der Waals surface area contributed by atoms with Crippen molar-refractivity contribution >= 4 is 0 Å². The molecule has 3 rings (SSSR count). The van der Waals surface area contributed by atoms with Crippen molar-refractivity contribution in [2.75, 3.05) is 6.54 Å². The third-order valence-corrected chi connectivity index (χ3v) is 3.77. The van der Waals surface area contributed by atoms with Gasteiger partial charge >= 0.3 is 0 Å². The van der Waals surface area contributed by atoms with Crippen LogP contribution >= 0.6 is 0 Å². The number of aromatic amines is 1. The highest BCUT2D eigenvalue weighted by molar-refractivity contribution is 4.98. The van der Waals surface area contributed by atoms with Gasteiger partial charge in [0.25, 0.3) is 0 Å². The molecule has 2 aliphatic rings. The van der Waals surface area contributed by atoms with Crippen LogP contribution in [0.5, 0.6) is 0 Å². The molecule has 0 amide bonds. The van der Waals surface area contributed by atoms with E-state index in [2.05, 4.69) is 27.1 Å². The molecule has 1 saturated heterocycles. The maximum atomic E-state index is 4.03. The summed E-state index contributed by atoms with van der Waals surface area (Å²) >= 11 is 0. The van der Waals surface area contributed by atoms with Crippen molar-refractivity contribution < 1.29 is 0 Å². The number of aromatic nitrogens is 2. The van der Waals surface area contributed by atoms with Gasteiger partial charge in [-0.2, -0.15) is 0 Å². The largest absolute Gasteiger partial charge is 0.347 e. The molecule has 1 aromatic rings. The van der Waals surface area contributed by atoms with E-state index in [9.17, 15) is 0 Å². The average molecular weight is 220 g/mol. The summed E-state index contributed by atoms with van der Waals surface area (Å²) in [5.41, 5.74) is 1.18. The molecule has 4 nitrogen and oxygen atoms in total. The first-order valence-corrected chi connectivity index (χ1v) is 6.29. The van der Waals surface area contributed by atoms with Crippen molar-refractivity contribution in [1.29, 1.82) is 0 Å². The SMILES string of the molecule is CC1CC(NCc2cnc[nH]2)CN1C1CC1. The van der Waals surface area contributed by atoms with E-state index in [0.717, 1.165) is 18.6 Å². The van der Waals surface area contributed by atoms with Gasteiger partial charge in [-0.05, 0) is 26.2 Å². The first kappa shape index (κ1) is 10.3. The molecule has 4 heteroatoms. The van der Waals surface area contributed by atoms with Gasteiger partial charge in [0.1, 0.15) is 0 Å². The van der Waals surface area contributed by atoms with Crippen molar-refractivity contribution in [3.63, 3.8) is 0 Å². The predicted octanol–water partition coefficient (Wildman–Crippen LogP) is 1.12. The van der Waals surface area contributed by atoms with Gasteiger partial charge < -0.3 is 10.3 Å². The Morgan fingerprint density at radius 2 is 2.44 bits per heavy atom. The number of hydrogen-bond acceptors (Lipinski definition) is 3. The normalized spacial score (nSPS) is 31.1. The van der Waals surface area contributed by atoms with Gasteiger partial charge in [-0.15, -0.1) is 0 Å². The Morgan fingerprint density at radius 3 is 3.12 bits per heavy atom. The number of likely N-dealkylation sites (tertiary alicyclic amines) is 1. The van der Waals surface area contributed by atoms with Crippen LogP contribution < -0.4 is 5.32 Å². The fourth-order valence-corrected chi connectivity index (χ4v) is 2.75. The van der Waals surface area contributed by atoms with Crippen molar-refractivity contribution in [3.8, 4) is 0 Å². The molecule has 0 aromatic carbocycles. The third kappa shape index (κ3) is 2.13. The quantitative estimate of drug-likeness (QED) is 0.799. The van der Waals surface area contributed by atoms with E-state index >= 15 is 0 Å². The number of hydrogen-bond donors (Lipinski definition) is 2. The van der Waals surface area contributed by atoms with Gasteiger partial charge in [-0.3, -0.25) is 4.90 Å². The summed E-state index contributed by atoms with van der Waals surface area (Å²) in [6, 6.07) is 2.31. The van der Waals surface area contributed by atoms with Gasteiger partial charge in [0.2, 0.25) is 0 Å². The van der Waals surface area contributed by atoms with E-state index in [-0.39, 0.29) is 0 Å². The van der Waals surface area contributed by atoms with Gasteiger partial charge in [0.05, 0.1) is 6.33 Å². The molecule has 2 atom stereocenters. The molecular formula is C12H20N4. The van der Waals surface area contributed by atoms with E-state index in [4.69, 9.17) is 0 Å². The van der Waals surface area contributed by atoms with Crippen LogP contribution in [0, 0.1) is 0 Å². The average Bonchev–Trinajstić information content (AvgIpc) is 2.85. The van der Waals surface area contributed by atoms with Crippen LogP contribution in [-0.4, -0.2) is 39.5 Å². The second kappa shape index (κ2) is 4.18. The molecule has 0 radical (unpaired) electrons. The lowest BCUT2D eigenvalue weighted by Gasteiger charge is -2.19. The Kier molecular flexibility index (Phi) is 2.69. The molecule has 2 unspecified atom stereocenters. The summed E-state index contributed by atoms with van der Waals surface area (Å²) in [7, 11) is 0. The Morgan fingerprint density at radius 1 is 1.56 bits per heavy atom. The van der Waals surface area contributed by atoms with Gasteiger partial charge in [-0.1, -0.05) is 0 Å². The summed E-state index contributed by atoms with van der Waals surface area (Å²) in [5, 5.41) is 3.61. The lowest BCUT2D eigenvalue weighted by Crippen LogP contribution is -2.33. The highest BCUT2D eigenvalue weighted by Gasteiger charge is 2.38. The van der Waals surface area contributed by atoms with Crippen LogP contribution in [0.3, 0.4) is 0 Å². The number of nitrogens with zero attached hydrogens (tertiary/aromatic N) is 2. The minimum Gasteiger partial charge on any atom is -0.347 e. The topological polar surface area (TPSA) is 44.0 Å². The number of nitrogens with one attached hydrogen (secondary N) is 2. The molecule has 1 saturated carbocycles. The van der Waals surface area contributed by atoms with Crippen LogP contribution in [0.1, 0.15) is 31.9 Å². The lowest BCUT2D eigenvalue weighted by molar-refractivity contribution is 0.255. The molecule has 1 aliphatic heterocycles. The summed E-state index contributed by atoms with van der Waals surface area (Å²) in [4.78, 5) is 9.83. The van der Waals surface area contributed by atoms with Crippen molar-refractivity contribution in [2.24, 2.45) is 0 Å². The summed E-state index contributed by atoms with van der Waals surface area (Å²) < 4.78 is 0. The number of imidazole rings is 1. The van der Waals surface area contributed by atoms with E-state index in [1.54, 1.807) is 6.33 Å². The highest BCUT2D eigenvalue weighted by Crippen LogP contribution is 2.33. The van der Waals surface area contributed by atoms with Crippen LogP contribution in [0.4, 0.5) is 0 Å². The van der Waals surface area contributed by atoms with Crippen LogP contribution in [0.15, 0.2) is 12.5 Å². The van der Waals surface area contributed by atoms with Crippen molar-refractivity contribution in [2.45, 2.75) is 50.9 Å². The fourth-order valence-electron chi connectivity index (χ4n) is 2.75. The Labute approximate surface area is 96.4 Å². The van der Waals surface area contributed by atoms with Crippen LogP contribution in [0.2, 0.25) is 0 Å². The monoisotopic (exact) mass is 220 g/mol.